The fourth-order valence-electron chi connectivity index (χ4n) is 1.63. The van der Waals surface area contributed by atoms with Crippen molar-refractivity contribution in [3.05, 3.63) is 41.7 Å². The Morgan fingerprint density at radius 3 is 3.00 bits per heavy atom. The summed E-state index contributed by atoms with van der Waals surface area (Å²) in [5.74, 6) is -0.389. The minimum atomic E-state index is -0.389. The summed E-state index contributed by atoms with van der Waals surface area (Å²) in [6, 6.07) is 8.66. The molecule has 3 N–H and O–H groups in total. The Labute approximate surface area is 110 Å². The van der Waals surface area contributed by atoms with Gasteiger partial charge in [0, 0.05) is 18.4 Å². The molecular formula is C13H13N5O. The Hall–Kier alpha value is -2.81. The molecule has 1 aromatic carbocycles. The van der Waals surface area contributed by atoms with Gasteiger partial charge in [-0.15, -0.1) is 0 Å². The number of aryl methyl sites for hydroxylation is 1. The van der Waals surface area contributed by atoms with Crippen molar-refractivity contribution in [2.24, 2.45) is 0 Å². The van der Waals surface area contributed by atoms with E-state index in [0.717, 1.165) is 0 Å². The van der Waals surface area contributed by atoms with Crippen molar-refractivity contribution in [1.29, 1.82) is 5.26 Å². The number of hydrogen-bond donors (Lipinski definition) is 2. The molecule has 0 fully saturated rings. The van der Waals surface area contributed by atoms with E-state index in [1.165, 1.54) is 0 Å². The van der Waals surface area contributed by atoms with E-state index >= 15 is 0 Å². The van der Waals surface area contributed by atoms with Crippen LogP contribution in [0.5, 0.6) is 0 Å². The van der Waals surface area contributed by atoms with Gasteiger partial charge in [0.15, 0.2) is 5.69 Å². The Balaban J connectivity index is 2.20. The smallest absolute Gasteiger partial charge is 0.278 e. The van der Waals surface area contributed by atoms with Crippen molar-refractivity contribution in [1.82, 2.24) is 9.78 Å². The lowest BCUT2D eigenvalue weighted by Gasteiger charge is -2.03. The maximum Gasteiger partial charge on any atom is 0.278 e. The van der Waals surface area contributed by atoms with Crippen LogP contribution in [0.2, 0.25) is 0 Å². The van der Waals surface area contributed by atoms with E-state index in [4.69, 9.17) is 11.0 Å². The van der Waals surface area contributed by atoms with Gasteiger partial charge in [-0.1, -0.05) is 6.07 Å². The summed E-state index contributed by atoms with van der Waals surface area (Å²) in [5, 5.41) is 15.5. The SMILES string of the molecule is CCn1cc(N)c(C(=O)Nc2cccc(C#N)c2)n1. The van der Waals surface area contributed by atoms with E-state index in [2.05, 4.69) is 10.4 Å². The highest BCUT2D eigenvalue weighted by atomic mass is 16.2. The largest absolute Gasteiger partial charge is 0.396 e. The normalized spacial score (nSPS) is 9.89. The van der Waals surface area contributed by atoms with Crippen molar-refractivity contribution >= 4 is 17.3 Å². The molecule has 1 amide bonds. The highest BCUT2D eigenvalue weighted by Crippen LogP contribution is 2.14. The minimum Gasteiger partial charge on any atom is -0.396 e. The first kappa shape index (κ1) is 12.6. The van der Waals surface area contributed by atoms with E-state index in [1.54, 1.807) is 35.1 Å². The molecule has 6 heteroatoms. The highest BCUT2D eigenvalue weighted by Gasteiger charge is 2.14. The second kappa shape index (κ2) is 5.23. The van der Waals surface area contributed by atoms with Gasteiger partial charge in [0.25, 0.3) is 5.91 Å². The van der Waals surface area contributed by atoms with Crippen LogP contribution in [0, 0.1) is 11.3 Å². The number of amides is 1. The van der Waals surface area contributed by atoms with Gasteiger partial charge in [-0.05, 0) is 25.1 Å². The number of anilines is 2. The van der Waals surface area contributed by atoms with Gasteiger partial charge >= 0.3 is 0 Å². The molecule has 2 rings (SSSR count). The summed E-state index contributed by atoms with van der Waals surface area (Å²) >= 11 is 0. The fourth-order valence-corrected chi connectivity index (χ4v) is 1.63. The maximum atomic E-state index is 12.0. The third-order valence-electron chi connectivity index (χ3n) is 2.58. The van der Waals surface area contributed by atoms with Gasteiger partial charge in [-0.3, -0.25) is 9.48 Å². The number of carbonyl (C=O) groups is 1. The number of aromatic nitrogens is 2. The number of nitrogens with zero attached hydrogens (tertiary/aromatic N) is 3. The molecule has 0 bridgehead atoms. The lowest BCUT2D eigenvalue weighted by Crippen LogP contribution is -2.14. The van der Waals surface area contributed by atoms with Crippen LogP contribution in [-0.4, -0.2) is 15.7 Å². The Morgan fingerprint density at radius 1 is 1.58 bits per heavy atom. The second-order valence-corrected chi connectivity index (χ2v) is 3.94. The standard InChI is InChI=1S/C13H13N5O/c1-2-18-8-11(15)12(17-18)13(19)16-10-5-3-4-9(6-10)7-14/h3-6,8H,2,15H2,1H3,(H,16,19). The molecule has 19 heavy (non-hydrogen) atoms. The van der Waals surface area contributed by atoms with Gasteiger partial charge in [0.1, 0.15) is 0 Å². The summed E-state index contributed by atoms with van der Waals surface area (Å²) < 4.78 is 1.59. The molecule has 0 aliphatic rings. The van der Waals surface area contributed by atoms with Gasteiger partial charge in [0.2, 0.25) is 0 Å². The van der Waals surface area contributed by atoms with Gasteiger partial charge in [0.05, 0.1) is 17.3 Å². The molecule has 96 valence electrons. The predicted octanol–water partition coefficient (Wildman–Crippen LogP) is 1.61. The molecule has 0 aliphatic heterocycles. The van der Waals surface area contributed by atoms with E-state index < -0.39 is 0 Å². The van der Waals surface area contributed by atoms with Crippen molar-refractivity contribution in [3.8, 4) is 6.07 Å². The molecule has 0 spiro atoms. The number of rotatable bonds is 3. The number of benzene rings is 1. The third kappa shape index (κ3) is 2.72. The molecule has 0 saturated carbocycles. The number of hydrogen-bond acceptors (Lipinski definition) is 4. The number of nitrogens with one attached hydrogen (secondary N) is 1. The average molecular weight is 255 g/mol. The van der Waals surface area contributed by atoms with Crippen LogP contribution in [-0.2, 0) is 6.54 Å². The number of nitrogen functional groups attached to an aromatic ring is 1. The molecule has 0 saturated heterocycles. The van der Waals surface area contributed by atoms with Crippen molar-refractivity contribution in [2.45, 2.75) is 13.5 Å². The highest BCUT2D eigenvalue weighted by molar-refractivity contribution is 6.06. The van der Waals surface area contributed by atoms with Crippen LogP contribution in [0.3, 0.4) is 0 Å². The molecule has 0 unspecified atom stereocenters. The molecule has 1 aromatic heterocycles. The van der Waals surface area contributed by atoms with E-state index in [9.17, 15) is 4.79 Å². The minimum absolute atomic E-state index is 0.184. The summed E-state index contributed by atoms with van der Waals surface area (Å²) in [4.78, 5) is 12.0. The monoisotopic (exact) mass is 255 g/mol. The van der Waals surface area contributed by atoms with Crippen LogP contribution in [0.4, 0.5) is 11.4 Å². The van der Waals surface area contributed by atoms with E-state index in [0.29, 0.717) is 23.5 Å². The van der Waals surface area contributed by atoms with E-state index in [-0.39, 0.29) is 11.6 Å². The van der Waals surface area contributed by atoms with Gasteiger partial charge < -0.3 is 11.1 Å². The zero-order valence-corrected chi connectivity index (χ0v) is 10.4. The fraction of sp³-hybridized carbons (Fsp3) is 0.154. The van der Waals surface area contributed by atoms with Crippen LogP contribution in [0.15, 0.2) is 30.5 Å². The first-order valence-corrected chi connectivity index (χ1v) is 5.78. The summed E-state index contributed by atoms with van der Waals surface area (Å²) in [6.45, 7) is 2.55. The lowest BCUT2D eigenvalue weighted by molar-refractivity contribution is 0.102. The topological polar surface area (TPSA) is 96.7 Å². The summed E-state index contributed by atoms with van der Waals surface area (Å²) in [6.07, 6.45) is 1.61. The molecule has 2 aromatic rings. The van der Waals surface area contributed by atoms with Gasteiger partial charge in [-0.2, -0.15) is 10.4 Å². The maximum absolute atomic E-state index is 12.0. The van der Waals surface area contributed by atoms with E-state index in [1.807, 2.05) is 13.0 Å². The van der Waals surface area contributed by atoms with Crippen molar-refractivity contribution in [2.75, 3.05) is 11.1 Å². The molecule has 0 radical (unpaired) electrons. The summed E-state index contributed by atoms with van der Waals surface area (Å²) in [5.41, 5.74) is 7.26. The van der Waals surface area contributed by atoms with Crippen molar-refractivity contribution in [3.63, 3.8) is 0 Å². The van der Waals surface area contributed by atoms with Crippen LogP contribution >= 0.6 is 0 Å². The molecule has 0 atom stereocenters. The molecule has 1 heterocycles. The Kier molecular flexibility index (Phi) is 3.48. The molecule has 6 nitrogen and oxygen atoms in total. The molecule has 0 aliphatic carbocycles. The third-order valence-corrected chi connectivity index (χ3v) is 2.58. The van der Waals surface area contributed by atoms with Crippen LogP contribution in [0.1, 0.15) is 23.0 Å². The zero-order chi connectivity index (χ0) is 13.8. The lowest BCUT2D eigenvalue weighted by atomic mass is 10.2. The summed E-state index contributed by atoms with van der Waals surface area (Å²) in [7, 11) is 0. The van der Waals surface area contributed by atoms with Crippen LogP contribution < -0.4 is 11.1 Å². The Bertz CT molecular complexity index is 653. The number of nitriles is 1. The molecular weight excluding hydrogens is 242 g/mol. The number of carbonyl (C=O) groups excluding carboxylic acids is 1. The first-order valence-electron chi connectivity index (χ1n) is 5.78. The Morgan fingerprint density at radius 2 is 2.37 bits per heavy atom. The zero-order valence-electron chi connectivity index (χ0n) is 10.4. The quantitative estimate of drug-likeness (QED) is 0.870. The first-order chi connectivity index (χ1) is 9.13. The average Bonchev–Trinajstić information content (AvgIpc) is 2.80. The number of nitrogens with two attached hydrogens (primary N) is 1. The predicted molar refractivity (Wildman–Crippen MR) is 71.4 cm³/mol. The second-order valence-electron chi connectivity index (χ2n) is 3.94. The van der Waals surface area contributed by atoms with Crippen LogP contribution in [0.25, 0.3) is 0 Å². The van der Waals surface area contributed by atoms with Gasteiger partial charge in [-0.25, -0.2) is 0 Å². The van der Waals surface area contributed by atoms with Crippen molar-refractivity contribution < 1.29 is 4.79 Å².